The van der Waals surface area contributed by atoms with Gasteiger partial charge in [-0.15, -0.1) is 0 Å². The number of hydrogen-bond donors (Lipinski definition) is 1. The highest BCUT2D eigenvalue weighted by Crippen LogP contribution is 2.25. The fraction of sp³-hybridized carbons (Fsp3) is 0.417. The summed E-state index contributed by atoms with van der Waals surface area (Å²) < 4.78 is 26.1. The van der Waals surface area contributed by atoms with E-state index in [4.69, 9.17) is 5.26 Å². The predicted octanol–water partition coefficient (Wildman–Crippen LogP) is 2.73. The summed E-state index contributed by atoms with van der Waals surface area (Å²) in [5.74, 6) is -2.43. The number of rotatable bonds is 4. The molecule has 2 atom stereocenters. The smallest absolute Gasteiger partial charge is 0.130 e. The molecule has 2 nitrogen and oxygen atoms in total. The lowest BCUT2D eigenvalue weighted by molar-refractivity contribution is 0.149. The molecule has 16 heavy (non-hydrogen) atoms. The molecule has 1 aromatic rings. The summed E-state index contributed by atoms with van der Waals surface area (Å²) in [6, 6.07) is 4.86. The molecule has 0 aliphatic rings. The number of nitrogens with zero attached hydrogens (tertiary/aromatic N) is 1. The highest BCUT2D eigenvalue weighted by molar-refractivity contribution is 5.28. The summed E-state index contributed by atoms with van der Waals surface area (Å²) >= 11 is 0. The summed E-state index contributed by atoms with van der Waals surface area (Å²) in [6.07, 6.45) is 0.187. The fourth-order valence-electron chi connectivity index (χ4n) is 1.58. The van der Waals surface area contributed by atoms with Gasteiger partial charge in [0.25, 0.3) is 0 Å². The second kappa shape index (κ2) is 5.57. The van der Waals surface area contributed by atoms with Crippen molar-refractivity contribution in [2.24, 2.45) is 0 Å². The number of aliphatic hydroxyl groups is 1. The zero-order valence-corrected chi connectivity index (χ0v) is 8.95. The number of hydrogen-bond acceptors (Lipinski definition) is 2. The van der Waals surface area contributed by atoms with Crippen molar-refractivity contribution in [3.8, 4) is 6.07 Å². The summed E-state index contributed by atoms with van der Waals surface area (Å²) in [7, 11) is 0. The lowest BCUT2D eigenvalue weighted by Crippen LogP contribution is -2.18. The molecular formula is C12H13F2NO. The van der Waals surface area contributed by atoms with E-state index < -0.39 is 23.7 Å². The standard InChI is InChI=1S/C12H13F2NO/c1-2-3-12(16)10(7-15)9-5-4-8(13)6-11(9)14/h4-6,10,12,16H,2-3H2,1H3. The molecule has 0 saturated carbocycles. The molecule has 0 spiro atoms. The Kier molecular flexibility index (Phi) is 4.39. The molecule has 1 N–H and O–H groups in total. The van der Waals surface area contributed by atoms with Crippen LogP contribution in [0.1, 0.15) is 31.2 Å². The maximum absolute atomic E-state index is 13.4. The van der Waals surface area contributed by atoms with Gasteiger partial charge in [-0.05, 0) is 12.5 Å². The third-order valence-corrected chi connectivity index (χ3v) is 2.41. The lowest BCUT2D eigenvalue weighted by atomic mass is 9.92. The Morgan fingerprint density at radius 1 is 1.44 bits per heavy atom. The number of benzene rings is 1. The Morgan fingerprint density at radius 2 is 2.12 bits per heavy atom. The van der Waals surface area contributed by atoms with Crippen LogP contribution >= 0.6 is 0 Å². The van der Waals surface area contributed by atoms with Gasteiger partial charge in [-0.25, -0.2) is 8.78 Å². The molecule has 0 bridgehead atoms. The average Bonchev–Trinajstić information content (AvgIpc) is 2.22. The van der Waals surface area contributed by atoms with Crippen LogP contribution in [0.25, 0.3) is 0 Å². The molecule has 86 valence electrons. The number of halogens is 2. The first-order chi connectivity index (χ1) is 7.60. The Balaban J connectivity index is 3.00. The third-order valence-electron chi connectivity index (χ3n) is 2.41. The molecule has 0 aliphatic carbocycles. The van der Waals surface area contributed by atoms with Crippen molar-refractivity contribution in [3.05, 3.63) is 35.4 Å². The zero-order valence-electron chi connectivity index (χ0n) is 8.95. The van der Waals surface area contributed by atoms with E-state index in [0.29, 0.717) is 12.8 Å². The van der Waals surface area contributed by atoms with E-state index in [2.05, 4.69) is 0 Å². The van der Waals surface area contributed by atoms with Crippen molar-refractivity contribution in [2.45, 2.75) is 31.8 Å². The van der Waals surface area contributed by atoms with Crippen LogP contribution in [-0.4, -0.2) is 11.2 Å². The molecule has 1 aromatic carbocycles. The van der Waals surface area contributed by atoms with E-state index in [9.17, 15) is 13.9 Å². The van der Waals surface area contributed by atoms with Gasteiger partial charge in [-0.3, -0.25) is 0 Å². The monoisotopic (exact) mass is 225 g/mol. The third kappa shape index (κ3) is 2.77. The van der Waals surface area contributed by atoms with Gasteiger partial charge in [0.15, 0.2) is 0 Å². The van der Waals surface area contributed by atoms with Gasteiger partial charge >= 0.3 is 0 Å². The molecule has 1 rings (SSSR count). The molecule has 2 unspecified atom stereocenters. The van der Waals surface area contributed by atoms with Crippen molar-refractivity contribution in [2.75, 3.05) is 0 Å². The van der Waals surface area contributed by atoms with Gasteiger partial charge in [0.1, 0.15) is 11.6 Å². The first kappa shape index (κ1) is 12.6. The van der Waals surface area contributed by atoms with E-state index in [1.807, 2.05) is 13.0 Å². The van der Waals surface area contributed by atoms with Gasteiger partial charge in [0.2, 0.25) is 0 Å². The van der Waals surface area contributed by atoms with Gasteiger partial charge in [0.05, 0.1) is 18.1 Å². The largest absolute Gasteiger partial charge is 0.391 e. The minimum atomic E-state index is -0.944. The summed E-state index contributed by atoms with van der Waals surface area (Å²) in [5.41, 5.74) is 0.0462. The van der Waals surface area contributed by atoms with Crippen LogP contribution in [0.3, 0.4) is 0 Å². The first-order valence-electron chi connectivity index (χ1n) is 5.12. The maximum atomic E-state index is 13.4. The molecular weight excluding hydrogens is 212 g/mol. The Labute approximate surface area is 93.1 Å². The van der Waals surface area contributed by atoms with Gasteiger partial charge < -0.3 is 5.11 Å². The number of nitriles is 1. The predicted molar refractivity (Wildman–Crippen MR) is 55.6 cm³/mol. The average molecular weight is 225 g/mol. The van der Waals surface area contributed by atoms with Gasteiger partial charge in [-0.2, -0.15) is 5.26 Å². The van der Waals surface area contributed by atoms with Crippen LogP contribution in [0.15, 0.2) is 18.2 Å². The molecule has 4 heteroatoms. The highest BCUT2D eigenvalue weighted by Gasteiger charge is 2.23. The fourth-order valence-corrected chi connectivity index (χ4v) is 1.58. The van der Waals surface area contributed by atoms with Crippen LogP contribution in [0.5, 0.6) is 0 Å². The quantitative estimate of drug-likeness (QED) is 0.856. The first-order valence-corrected chi connectivity index (χ1v) is 5.12. The van der Waals surface area contributed by atoms with E-state index in [-0.39, 0.29) is 5.56 Å². The molecule has 0 amide bonds. The minimum Gasteiger partial charge on any atom is -0.391 e. The lowest BCUT2D eigenvalue weighted by Gasteiger charge is -2.16. The second-order valence-electron chi connectivity index (χ2n) is 3.63. The normalized spacial score (nSPS) is 14.2. The summed E-state index contributed by atoms with van der Waals surface area (Å²) in [5, 5.41) is 18.6. The van der Waals surface area contributed by atoms with Crippen molar-refractivity contribution in [1.82, 2.24) is 0 Å². The molecule has 0 aromatic heterocycles. The van der Waals surface area contributed by atoms with Crippen molar-refractivity contribution in [3.63, 3.8) is 0 Å². The zero-order chi connectivity index (χ0) is 12.1. The van der Waals surface area contributed by atoms with Crippen molar-refractivity contribution >= 4 is 0 Å². The van der Waals surface area contributed by atoms with Crippen LogP contribution in [0, 0.1) is 23.0 Å². The second-order valence-corrected chi connectivity index (χ2v) is 3.63. The van der Waals surface area contributed by atoms with Crippen molar-refractivity contribution < 1.29 is 13.9 Å². The summed E-state index contributed by atoms with van der Waals surface area (Å²) in [6.45, 7) is 1.86. The topological polar surface area (TPSA) is 44.0 Å². The van der Waals surface area contributed by atoms with E-state index in [0.717, 1.165) is 12.1 Å². The van der Waals surface area contributed by atoms with Crippen LogP contribution in [-0.2, 0) is 0 Å². The van der Waals surface area contributed by atoms with Gasteiger partial charge in [0, 0.05) is 11.6 Å². The molecule has 0 radical (unpaired) electrons. The van der Waals surface area contributed by atoms with E-state index >= 15 is 0 Å². The van der Waals surface area contributed by atoms with Crippen LogP contribution in [0.2, 0.25) is 0 Å². The number of aliphatic hydroxyl groups excluding tert-OH is 1. The molecule has 0 aliphatic heterocycles. The summed E-state index contributed by atoms with van der Waals surface area (Å²) in [4.78, 5) is 0. The molecule has 0 saturated heterocycles. The van der Waals surface area contributed by atoms with Crippen LogP contribution < -0.4 is 0 Å². The Morgan fingerprint density at radius 3 is 2.62 bits per heavy atom. The highest BCUT2D eigenvalue weighted by atomic mass is 19.1. The van der Waals surface area contributed by atoms with E-state index in [1.165, 1.54) is 6.07 Å². The SMILES string of the molecule is CCCC(O)C(C#N)c1ccc(F)cc1F. The maximum Gasteiger partial charge on any atom is 0.130 e. The van der Waals surface area contributed by atoms with Crippen molar-refractivity contribution in [1.29, 1.82) is 5.26 Å². The molecule has 0 heterocycles. The minimum absolute atomic E-state index is 0.0462. The van der Waals surface area contributed by atoms with E-state index in [1.54, 1.807) is 0 Å². The Hall–Kier alpha value is -1.47. The van der Waals surface area contributed by atoms with Crippen LogP contribution in [0.4, 0.5) is 8.78 Å². The molecule has 0 fully saturated rings. The van der Waals surface area contributed by atoms with Gasteiger partial charge in [-0.1, -0.05) is 19.4 Å². The Bertz CT molecular complexity index is 400.